The van der Waals surface area contributed by atoms with Gasteiger partial charge in [0.05, 0.1) is 0 Å². The van der Waals surface area contributed by atoms with E-state index in [0.29, 0.717) is 16.8 Å². The third-order valence-electron chi connectivity index (χ3n) is 3.60. The zero-order valence-corrected chi connectivity index (χ0v) is 15.6. The van der Waals surface area contributed by atoms with Crippen molar-refractivity contribution in [3.63, 3.8) is 0 Å². The second-order valence-corrected chi connectivity index (χ2v) is 6.50. The van der Waals surface area contributed by atoms with Crippen LogP contribution in [0.3, 0.4) is 0 Å². The van der Waals surface area contributed by atoms with Gasteiger partial charge in [0.1, 0.15) is 0 Å². The van der Waals surface area contributed by atoms with Gasteiger partial charge in [-0.25, -0.2) is 4.79 Å². The molecule has 8 nitrogen and oxygen atoms in total. The van der Waals surface area contributed by atoms with Crippen LogP contribution in [-0.2, 0) is 4.79 Å². The van der Waals surface area contributed by atoms with E-state index in [0.717, 1.165) is 4.47 Å². The van der Waals surface area contributed by atoms with Crippen molar-refractivity contribution in [3.05, 3.63) is 69.1 Å². The van der Waals surface area contributed by atoms with Gasteiger partial charge in [0, 0.05) is 34.3 Å². The number of nitrogens with zero attached hydrogens (tertiary/aromatic N) is 1. The summed E-state index contributed by atoms with van der Waals surface area (Å²) in [6, 6.07) is 13.7. The monoisotopic (exact) mass is 430 g/mol. The molecule has 0 saturated carbocycles. The van der Waals surface area contributed by atoms with E-state index in [1.165, 1.54) is 0 Å². The van der Waals surface area contributed by atoms with Crippen molar-refractivity contribution in [3.8, 4) is 11.4 Å². The van der Waals surface area contributed by atoms with E-state index < -0.39 is 5.76 Å². The molecule has 3 N–H and O–H groups in total. The predicted molar refractivity (Wildman–Crippen MR) is 102 cm³/mol. The molecule has 3 aromatic rings. The smallest absolute Gasteiger partial charge is 0.352 e. The number of rotatable bonds is 6. The van der Waals surface area contributed by atoms with Crippen molar-refractivity contribution in [2.45, 2.75) is 6.42 Å². The van der Waals surface area contributed by atoms with Gasteiger partial charge >= 0.3 is 5.76 Å². The Kier molecular flexibility index (Phi) is 5.82. The first-order chi connectivity index (χ1) is 13.0. The van der Waals surface area contributed by atoms with Gasteiger partial charge in [0.15, 0.2) is 5.82 Å². The highest BCUT2D eigenvalue weighted by molar-refractivity contribution is 9.10. The highest BCUT2D eigenvalue weighted by Gasteiger charge is 2.09. The molecule has 0 atom stereocenters. The quantitative estimate of drug-likeness (QED) is 0.555. The summed E-state index contributed by atoms with van der Waals surface area (Å²) in [5.74, 6) is -0.872. The zero-order chi connectivity index (χ0) is 19.2. The topological polar surface area (TPSA) is 117 Å². The molecular formula is C18H15BrN4O4. The number of hydrogen-bond acceptors (Lipinski definition) is 5. The van der Waals surface area contributed by atoms with Gasteiger partial charge in [-0.3, -0.25) is 19.1 Å². The molecule has 138 valence electrons. The van der Waals surface area contributed by atoms with Crippen LogP contribution in [0.25, 0.3) is 11.4 Å². The molecule has 1 heterocycles. The van der Waals surface area contributed by atoms with Gasteiger partial charge in [0.25, 0.3) is 5.91 Å². The zero-order valence-electron chi connectivity index (χ0n) is 14.0. The second-order valence-electron chi connectivity index (χ2n) is 5.59. The molecule has 0 aliphatic rings. The third-order valence-corrected chi connectivity index (χ3v) is 4.13. The number of anilines is 1. The van der Waals surface area contributed by atoms with E-state index in [4.69, 9.17) is 0 Å². The highest BCUT2D eigenvalue weighted by atomic mass is 79.9. The largest absolute Gasteiger partial charge is 0.439 e. The SMILES string of the molecule is O=C(CCNC(=O)c1ccc(Br)cc1)Nc1cccc(-c2noc(=O)[nH]2)c1. The molecule has 0 fully saturated rings. The van der Waals surface area contributed by atoms with Crippen molar-refractivity contribution < 1.29 is 14.1 Å². The molecule has 0 aliphatic heterocycles. The summed E-state index contributed by atoms with van der Waals surface area (Å²) < 4.78 is 5.35. The van der Waals surface area contributed by atoms with Crippen LogP contribution in [0.4, 0.5) is 5.69 Å². The van der Waals surface area contributed by atoms with Crippen molar-refractivity contribution in [1.29, 1.82) is 0 Å². The molecular weight excluding hydrogens is 416 g/mol. The molecule has 9 heteroatoms. The first-order valence-electron chi connectivity index (χ1n) is 8.01. The summed E-state index contributed by atoms with van der Waals surface area (Å²) in [5, 5.41) is 9.03. The Morgan fingerprint density at radius 2 is 1.93 bits per heavy atom. The van der Waals surface area contributed by atoms with E-state index in [-0.39, 0.29) is 30.6 Å². The Hall–Kier alpha value is -3.20. The average Bonchev–Trinajstić information content (AvgIpc) is 3.09. The maximum absolute atomic E-state index is 12.1. The van der Waals surface area contributed by atoms with Gasteiger partial charge in [-0.15, -0.1) is 0 Å². The maximum atomic E-state index is 12.1. The number of hydrogen-bond donors (Lipinski definition) is 3. The van der Waals surface area contributed by atoms with Crippen LogP contribution in [0.5, 0.6) is 0 Å². The molecule has 0 unspecified atom stereocenters. The molecule has 27 heavy (non-hydrogen) atoms. The van der Waals surface area contributed by atoms with Crippen molar-refractivity contribution in [2.24, 2.45) is 0 Å². The lowest BCUT2D eigenvalue weighted by Gasteiger charge is -2.08. The van der Waals surface area contributed by atoms with Crippen LogP contribution in [0.1, 0.15) is 16.8 Å². The van der Waals surface area contributed by atoms with E-state index in [9.17, 15) is 14.4 Å². The van der Waals surface area contributed by atoms with E-state index in [1.54, 1.807) is 48.5 Å². The van der Waals surface area contributed by atoms with Gasteiger partial charge in [-0.2, -0.15) is 0 Å². The predicted octanol–water partition coefficient (Wildman–Crippen LogP) is 2.55. The Labute approximate surface area is 162 Å². The number of amides is 2. The summed E-state index contributed by atoms with van der Waals surface area (Å²) in [6.45, 7) is 0.205. The number of carbonyl (C=O) groups excluding carboxylic acids is 2. The number of halogens is 1. The van der Waals surface area contributed by atoms with Crippen molar-refractivity contribution in [2.75, 3.05) is 11.9 Å². The average molecular weight is 431 g/mol. The summed E-state index contributed by atoms with van der Waals surface area (Å²) >= 11 is 3.31. The molecule has 0 aliphatic carbocycles. The third kappa shape index (κ3) is 5.14. The van der Waals surface area contributed by atoms with Gasteiger partial charge in [-0.05, 0) is 36.4 Å². The van der Waals surface area contributed by atoms with Gasteiger partial charge in [-0.1, -0.05) is 33.2 Å². The molecule has 0 spiro atoms. The van der Waals surface area contributed by atoms with Gasteiger partial charge in [0.2, 0.25) is 5.91 Å². The maximum Gasteiger partial charge on any atom is 0.439 e. The lowest BCUT2D eigenvalue weighted by Crippen LogP contribution is -2.27. The number of H-pyrrole nitrogens is 1. The fraction of sp³-hybridized carbons (Fsp3) is 0.111. The molecule has 0 radical (unpaired) electrons. The Balaban J connectivity index is 1.51. The van der Waals surface area contributed by atoms with E-state index in [1.807, 2.05) is 0 Å². The summed E-state index contributed by atoms with van der Waals surface area (Å²) in [5.41, 5.74) is 1.66. The summed E-state index contributed by atoms with van der Waals surface area (Å²) in [4.78, 5) is 37.5. The lowest BCUT2D eigenvalue weighted by atomic mass is 10.2. The molecule has 2 amide bonds. The number of aromatic amines is 1. The number of nitrogens with one attached hydrogen (secondary N) is 3. The number of aromatic nitrogens is 2. The molecule has 3 rings (SSSR count). The summed E-state index contributed by atoms with van der Waals surface area (Å²) in [6.07, 6.45) is 0.118. The Bertz CT molecular complexity index is 1010. The van der Waals surface area contributed by atoms with Crippen molar-refractivity contribution >= 4 is 33.4 Å². The molecule has 0 saturated heterocycles. The van der Waals surface area contributed by atoms with Crippen LogP contribution < -0.4 is 16.4 Å². The van der Waals surface area contributed by atoms with Crippen LogP contribution in [-0.4, -0.2) is 28.5 Å². The van der Waals surface area contributed by atoms with Gasteiger partial charge < -0.3 is 10.6 Å². The second kappa shape index (κ2) is 8.45. The van der Waals surface area contributed by atoms with Crippen LogP contribution in [0, 0.1) is 0 Å². The molecule has 2 aromatic carbocycles. The minimum absolute atomic E-state index is 0.118. The fourth-order valence-corrected chi connectivity index (χ4v) is 2.58. The Morgan fingerprint density at radius 3 is 2.63 bits per heavy atom. The number of benzene rings is 2. The van der Waals surface area contributed by atoms with Crippen LogP contribution in [0.15, 0.2) is 62.3 Å². The van der Waals surface area contributed by atoms with E-state index in [2.05, 4.69) is 41.2 Å². The minimum Gasteiger partial charge on any atom is -0.352 e. The lowest BCUT2D eigenvalue weighted by molar-refractivity contribution is -0.116. The number of carbonyl (C=O) groups is 2. The molecule has 0 bridgehead atoms. The Morgan fingerprint density at radius 1 is 1.15 bits per heavy atom. The van der Waals surface area contributed by atoms with Crippen molar-refractivity contribution in [1.82, 2.24) is 15.5 Å². The first-order valence-corrected chi connectivity index (χ1v) is 8.80. The summed E-state index contributed by atoms with van der Waals surface area (Å²) in [7, 11) is 0. The minimum atomic E-state index is -0.652. The normalized spacial score (nSPS) is 10.4. The molecule has 1 aromatic heterocycles. The van der Waals surface area contributed by atoms with Crippen LogP contribution >= 0.6 is 15.9 Å². The first kappa shape index (κ1) is 18.6. The standard InChI is InChI=1S/C18H15BrN4O4/c19-13-6-4-11(5-7-13)17(25)20-9-8-15(24)21-14-3-1-2-12(10-14)16-22-18(26)27-23-16/h1-7,10H,8-9H2,(H,20,25)(H,21,24)(H,22,23,26). The van der Waals surface area contributed by atoms with E-state index >= 15 is 0 Å². The van der Waals surface area contributed by atoms with Crippen LogP contribution in [0.2, 0.25) is 0 Å². The highest BCUT2D eigenvalue weighted by Crippen LogP contribution is 2.18. The fourth-order valence-electron chi connectivity index (χ4n) is 2.31.